The summed E-state index contributed by atoms with van der Waals surface area (Å²) in [6, 6.07) is 0. The molecule has 6 heteroatoms. The summed E-state index contributed by atoms with van der Waals surface area (Å²) in [7, 11) is 0. The van der Waals surface area contributed by atoms with Crippen molar-refractivity contribution < 1.29 is 4.79 Å². The molecule has 0 spiro atoms. The average molecular weight is 324 g/mol. The van der Waals surface area contributed by atoms with Gasteiger partial charge in [-0.1, -0.05) is 6.92 Å². The van der Waals surface area contributed by atoms with Gasteiger partial charge in [-0.25, -0.2) is 4.98 Å². The van der Waals surface area contributed by atoms with Gasteiger partial charge < -0.3 is 11.1 Å². The lowest BCUT2D eigenvalue weighted by Crippen LogP contribution is -2.54. The van der Waals surface area contributed by atoms with E-state index in [1.54, 1.807) is 0 Å². The van der Waals surface area contributed by atoms with Crippen molar-refractivity contribution in [1.29, 1.82) is 0 Å². The molecule has 0 saturated carbocycles. The Morgan fingerprint density at radius 1 is 1.59 bits per heavy atom. The molecule has 2 rings (SSSR count). The van der Waals surface area contributed by atoms with Crippen molar-refractivity contribution in [3.63, 3.8) is 0 Å². The van der Waals surface area contributed by atoms with E-state index in [0.717, 1.165) is 30.4 Å². The highest BCUT2D eigenvalue weighted by Gasteiger charge is 2.30. The van der Waals surface area contributed by atoms with Gasteiger partial charge in [0, 0.05) is 30.4 Å². The standard InChI is InChI=1S/C16H28N4OS/c1-12-5-4-8-20(9-12)16(2,3)11-18-15(21)13-10-22-14(19-13)6-7-17/h10,12H,4-9,11,17H2,1-3H3,(H,18,21). The van der Waals surface area contributed by atoms with Crippen LogP contribution >= 0.6 is 11.3 Å². The molecule has 3 N–H and O–H groups in total. The van der Waals surface area contributed by atoms with Gasteiger partial charge in [-0.15, -0.1) is 11.3 Å². The zero-order chi connectivity index (χ0) is 16.2. The molecule has 0 radical (unpaired) electrons. The van der Waals surface area contributed by atoms with E-state index >= 15 is 0 Å². The summed E-state index contributed by atoms with van der Waals surface area (Å²) in [6.07, 6.45) is 3.28. The van der Waals surface area contributed by atoms with Gasteiger partial charge in [0.2, 0.25) is 0 Å². The van der Waals surface area contributed by atoms with Gasteiger partial charge >= 0.3 is 0 Å². The summed E-state index contributed by atoms with van der Waals surface area (Å²) in [6.45, 7) is 10.1. The lowest BCUT2D eigenvalue weighted by atomic mass is 9.93. The van der Waals surface area contributed by atoms with Crippen LogP contribution in [0.4, 0.5) is 0 Å². The number of aromatic nitrogens is 1. The van der Waals surface area contributed by atoms with E-state index in [9.17, 15) is 4.79 Å². The predicted octanol–water partition coefficient (Wildman–Crippen LogP) is 1.88. The third-order valence-corrected chi connectivity index (χ3v) is 5.25. The Balaban J connectivity index is 1.88. The Hall–Kier alpha value is -0.980. The largest absolute Gasteiger partial charge is 0.349 e. The number of piperidine rings is 1. The smallest absolute Gasteiger partial charge is 0.270 e. The Morgan fingerprint density at radius 3 is 3.05 bits per heavy atom. The molecule has 2 heterocycles. The van der Waals surface area contributed by atoms with Crippen molar-refractivity contribution in [2.75, 3.05) is 26.2 Å². The zero-order valence-corrected chi connectivity index (χ0v) is 14.7. The fourth-order valence-electron chi connectivity index (χ4n) is 2.89. The number of nitrogens with two attached hydrogens (primary N) is 1. The third kappa shape index (κ3) is 4.51. The molecule has 5 nitrogen and oxygen atoms in total. The van der Waals surface area contributed by atoms with Crippen molar-refractivity contribution in [2.45, 2.75) is 45.6 Å². The second-order valence-corrected chi connectivity index (χ2v) is 7.80. The van der Waals surface area contributed by atoms with Crippen LogP contribution in [0.1, 0.15) is 49.1 Å². The first-order valence-corrected chi connectivity index (χ1v) is 8.98. The SMILES string of the molecule is CC1CCCN(C(C)(C)CNC(=O)c2csc(CCN)n2)C1. The summed E-state index contributed by atoms with van der Waals surface area (Å²) in [4.78, 5) is 19.1. The van der Waals surface area contributed by atoms with Gasteiger partial charge in [0.15, 0.2) is 0 Å². The quantitative estimate of drug-likeness (QED) is 0.838. The Kier molecular flexibility index (Phi) is 5.94. The highest BCUT2D eigenvalue weighted by Crippen LogP contribution is 2.23. The molecule has 1 atom stereocenters. The Labute approximate surface area is 137 Å². The molecule has 1 aromatic rings. The van der Waals surface area contributed by atoms with Crippen molar-refractivity contribution >= 4 is 17.2 Å². The monoisotopic (exact) mass is 324 g/mol. The van der Waals surface area contributed by atoms with Crippen molar-refractivity contribution in [3.8, 4) is 0 Å². The van der Waals surface area contributed by atoms with Crippen molar-refractivity contribution in [1.82, 2.24) is 15.2 Å². The van der Waals surface area contributed by atoms with Gasteiger partial charge in [-0.05, 0) is 45.7 Å². The molecular formula is C16H28N4OS. The minimum Gasteiger partial charge on any atom is -0.349 e. The van der Waals surface area contributed by atoms with Gasteiger partial charge in [-0.3, -0.25) is 9.69 Å². The molecule has 0 bridgehead atoms. The molecular weight excluding hydrogens is 296 g/mol. The van der Waals surface area contributed by atoms with Gasteiger partial charge in [0.25, 0.3) is 5.91 Å². The number of likely N-dealkylation sites (tertiary alicyclic amines) is 1. The number of carbonyl (C=O) groups excluding carboxylic acids is 1. The highest BCUT2D eigenvalue weighted by atomic mass is 32.1. The minimum absolute atomic E-state index is 0.0273. The van der Waals surface area contributed by atoms with Crippen LogP contribution in [0.5, 0.6) is 0 Å². The number of hydrogen-bond donors (Lipinski definition) is 2. The molecule has 0 aromatic carbocycles. The number of hydrogen-bond acceptors (Lipinski definition) is 5. The summed E-state index contributed by atoms with van der Waals surface area (Å²) < 4.78 is 0. The molecule has 0 aliphatic carbocycles. The molecule has 124 valence electrons. The summed E-state index contributed by atoms with van der Waals surface area (Å²) in [5.41, 5.74) is 6.00. The van der Waals surface area contributed by atoms with E-state index in [1.807, 2.05) is 5.38 Å². The lowest BCUT2D eigenvalue weighted by Gasteiger charge is -2.43. The van der Waals surface area contributed by atoms with E-state index in [0.29, 0.717) is 18.8 Å². The molecule has 1 aromatic heterocycles. The normalized spacial score (nSPS) is 20.1. The molecule has 1 amide bonds. The van der Waals surface area contributed by atoms with Crippen LogP contribution in [0, 0.1) is 5.92 Å². The maximum atomic E-state index is 12.2. The fourth-order valence-corrected chi connectivity index (χ4v) is 3.69. The third-order valence-electron chi connectivity index (χ3n) is 4.34. The van der Waals surface area contributed by atoms with Crippen LogP contribution in [0.25, 0.3) is 0 Å². The van der Waals surface area contributed by atoms with Gasteiger partial charge in [0.1, 0.15) is 5.69 Å². The van der Waals surface area contributed by atoms with E-state index in [-0.39, 0.29) is 11.4 Å². The van der Waals surface area contributed by atoms with Crippen LogP contribution in [0.3, 0.4) is 0 Å². The van der Waals surface area contributed by atoms with Gasteiger partial charge in [0.05, 0.1) is 5.01 Å². The molecule has 1 aliphatic rings. The zero-order valence-electron chi connectivity index (χ0n) is 13.9. The lowest BCUT2D eigenvalue weighted by molar-refractivity contribution is 0.0656. The van der Waals surface area contributed by atoms with Crippen LogP contribution < -0.4 is 11.1 Å². The van der Waals surface area contributed by atoms with Crippen LogP contribution in [0.2, 0.25) is 0 Å². The number of nitrogens with zero attached hydrogens (tertiary/aromatic N) is 2. The van der Waals surface area contributed by atoms with Crippen molar-refractivity contribution in [3.05, 3.63) is 16.1 Å². The summed E-state index contributed by atoms with van der Waals surface area (Å²) in [5.74, 6) is 0.652. The van der Waals surface area contributed by atoms with Crippen LogP contribution in [-0.2, 0) is 6.42 Å². The molecule has 1 unspecified atom stereocenters. The molecule has 1 saturated heterocycles. The predicted molar refractivity (Wildman–Crippen MR) is 91.3 cm³/mol. The molecule has 1 fully saturated rings. The van der Waals surface area contributed by atoms with E-state index in [2.05, 4.69) is 36.0 Å². The number of rotatable bonds is 6. The topological polar surface area (TPSA) is 71.2 Å². The van der Waals surface area contributed by atoms with E-state index < -0.39 is 0 Å². The second kappa shape index (κ2) is 7.53. The average Bonchev–Trinajstić information content (AvgIpc) is 2.94. The Bertz CT molecular complexity index is 500. The number of nitrogens with one attached hydrogen (secondary N) is 1. The Morgan fingerprint density at radius 2 is 2.36 bits per heavy atom. The number of amides is 1. The summed E-state index contributed by atoms with van der Waals surface area (Å²) >= 11 is 1.50. The minimum atomic E-state index is -0.0855. The highest BCUT2D eigenvalue weighted by molar-refractivity contribution is 7.09. The fraction of sp³-hybridized carbons (Fsp3) is 0.750. The molecule has 1 aliphatic heterocycles. The number of thiazole rings is 1. The van der Waals surface area contributed by atoms with Crippen LogP contribution in [0.15, 0.2) is 5.38 Å². The van der Waals surface area contributed by atoms with E-state index in [1.165, 1.54) is 24.2 Å². The molecule has 22 heavy (non-hydrogen) atoms. The number of carbonyl (C=O) groups is 1. The second-order valence-electron chi connectivity index (χ2n) is 6.85. The maximum absolute atomic E-state index is 12.2. The first kappa shape index (κ1) is 17.4. The first-order valence-electron chi connectivity index (χ1n) is 8.10. The summed E-state index contributed by atoms with van der Waals surface area (Å²) in [5, 5.41) is 5.78. The van der Waals surface area contributed by atoms with Gasteiger partial charge in [-0.2, -0.15) is 0 Å². The van der Waals surface area contributed by atoms with E-state index in [4.69, 9.17) is 5.73 Å². The maximum Gasteiger partial charge on any atom is 0.270 e. The first-order chi connectivity index (χ1) is 10.4. The van der Waals surface area contributed by atoms with Crippen LogP contribution in [-0.4, -0.2) is 47.5 Å². The van der Waals surface area contributed by atoms with Crippen molar-refractivity contribution in [2.24, 2.45) is 11.7 Å².